The third kappa shape index (κ3) is 8.02. The van der Waals surface area contributed by atoms with Crippen LogP contribution in [-0.2, 0) is 43.3 Å². The first kappa shape index (κ1) is 54.2. The van der Waals surface area contributed by atoms with Crippen LogP contribution in [0.15, 0.2) is 152 Å². The van der Waals surface area contributed by atoms with Gasteiger partial charge in [0.15, 0.2) is 0 Å². The molecule has 0 bridgehead atoms. The molecule has 6 aliphatic rings. The normalized spacial score (nSPS) is 19.9. The minimum Gasteiger partial charge on any atom is -0.311 e. The first-order valence-corrected chi connectivity index (χ1v) is 31.5. The summed E-state index contributed by atoms with van der Waals surface area (Å²) in [6.07, 6.45) is 6.94. The predicted octanol–water partition coefficient (Wildman–Crippen LogP) is 19.9. The summed E-state index contributed by atoms with van der Waals surface area (Å²) in [4.78, 5) is 8.06. The minimum absolute atomic E-state index is 0.000374. The SMILES string of the molecule is CC(C)(C)c1ccc2c(c1)C(C)(C)c1cccc(N3c4cc5c(cc4B4c6cc7c(cc6N(c6ccc8c(c6)C(C)(C)CCC8(C)C)c6cc(N(c8ccccc8)c8ccccc8)cc3c64)C(C)(C)CCC7(C)C)C(C)(C)CCC5(C)C)c1-2. The third-order valence-electron chi connectivity index (χ3n) is 22.2. The van der Waals surface area contributed by atoms with Crippen molar-refractivity contribution in [1.82, 2.24) is 0 Å². The van der Waals surface area contributed by atoms with Crippen molar-refractivity contribution in [2.75, 3.05) is 14.7 Å². The molecule has 0 radical (unpaired) electrons. The van der Waals surface area contributed by atoms with Gasteiger partial charge in [-0.15, -0.1) is 0 Å². The Balaban J connectivity index is 1.17. The molecule has 0 saturated heterocycles. The Kier molecular flexibility index (Phi) is 11.5. The molecule has 4 aliphatic carbocycles. The highest BCUT2D eigenvalue weighted by Crippen LogP contribution is 2.59. The Hall–Kier alpha value is -6.78. The molecule has 0 N–H and O–H groups in total. The molecular formula is C79H88BN3. The van der Waals surface area contributed by atoms with E-state index in [2.05, 4.69) is 284 Å². The maximum Gasteiger partial charge on any atom is 0.252 e. The number of hydrogen-bond donors (Lipinski definition) is 0. The molecule has 0 unspecified atom stereocenters. The summed E-state index contributed by atoms with van der Waals surface area (Å²) in [6, 6.07) is 60.7. The smallest absolute Gasteiger partial charge is 0.252 e. The van der Waals surface area contributed by atoms with Gasteiger partial charge in [-0.2, -0.15) is 0 Å². The summed E-state index contributed by atoms with van der Waals surface area (Å²) in [6.45, 7) is 42.0. The molecule has 2 aliphatic heterocycles. The van der Waals surface area contributed by atoms with Gasteiger partial charge in [0.2, 0.25) is 0 Å². The quantitative estimate of drug-likeness (QED) is 0.159. The van der Waals surface area contributed by atoms with Crippen LogP contribution in [0.3, 0.4) is 0 Å². The lowest BCUT2D eigenvalue weighted by Crippen LogP contribution is -2.62. The Morgan fingerprint density at radius 1 is 0.361 bits per heavy atom. The van der Waals surface area contributed by atoms with E-state index < -0.39 is 0 Å². The number of fused-ring (bicyclic) bond motifs is 10. The van der Waals surface area contributed by atoms with E-state index >= 15 is 0 Å². The van der Waals surface area contributed by atoms with Gasteiger partial charge in [-0.05, 0) is 215 Å². The van der Waals surface area contributed by atoms with E-state index in [4.69, 9.17) is 0 Å². The number of anilines is 9. The average molecular weight is 1090 g/mol. The second kappa shape index (κ2) is 17.7. The van der Waals surface area contributed by atoms with Gasteiger partial charge in [0.1, 0.15) is 0 Å². The first-order chi connectivity index (χ1) is 39.0. The molecule has 4 heteroatoms. The summed E-state index contributed by atoms with van der Waals surface area (Å²) in [5.41, 5.74) is 31.0. The molecule has 8 aromatic carbocycles. The highest BCUT2D eigenvalue weighted by molar-refractivity contribution is 7.00. The lowest BCUT2D eigenvalue weighted by atomic mass is 9.32. The molecule has 83 heavy (non-hydrogen) atoms. The van der Waals surface area contributed by atoms with Gasteiger partial charge in [-0.3, -0.25) is 0 Å². The van der Waals surface area contributed by atoms with Crippen LogP contribution in [0, 0.1) is 0 Å². The standard InChI is InChI=1S/C79H88BN3/c1-72(2,3)49-31-33-54-57(41-49)79(16,17)56-29-24-30-65(70(54)56)83-67-48-62-60(76(10,11)38-40-78(62,14)15)46-64(67)80-63-45-59-61(77(12,13)39-37-75(59,8)9)47-66(63)82(52-32-34-55-58(42-52)74(6,7)36-35-73(55,4)5)68-43-53(44-69(83)71(68)80)81(50-25-20-18-21-26-50)51-27-22-19-23-28-51/h18-34,41-48H,35-40H2,1-17H3. The van der Waals surface area contributed by atoms with Crippen molar-refractivity contribution < 1.29 is 0 Å². The second-order valence-electron chi connectivity index (χ2n) is 31.8. The van der Waals surface area contributed by atoms with Crippen molar-refractivity contribution >= 4 is 74.3 Å². The van der Waals surface area contributed by atoms with Crippen molar-refractivity contribution in [2.24, 2.45) is 0 Å². The van der Waals surface area contributed by atoms with Crippen molar-refractivity contribution in [3.8, 4) is 11.1 Å². The van der Waals surface area contributed by atoms with Crippen molar-refractivity contribution in [1.29, 1.82) is 0 Å². The van der Waals surface area contributed by atoms with Gasteiger partial charge >= 0.3 is 0 Å². The summed E-state index contributed by atoms with van der Waals surface area (Å²) >= 11 is 0. The highest BCUT2D eigenvalue weighted by atomic mass is 15.2. The Morgan fingerprint density at radius 2 is 0.819 bits per heavy atom. The van der Waals surface area contributed by atoms with Crippen LogP contribution >= 0.6 is 0 Å². The van der Waals surface area contributed by atoms with Gasteiger partial charge in [-0.1, -0.05) is 203 Å². The summed E-state index contributed by atoms with van der Waals surface area (Å²) in [5, 5.41) is 0. The zero-order chi connectivity index (χ0) is 58.5. The molecule has 2 heterocycles. The molecule has 0 atom stereocenters. The zero-order valence-electron chi connectivity index (χ0n) is 53.1. The van der Waals surface area contributed by atoms with Crippen molar-refractivity contribution in [3.05, 3.63) is 202 Å². The molecule has 0 amide bonds. The first-order valence-electron chi connectivity index (χ1n) is 31.5. The Morgan fingerprint density at radius 3 is 1.33 bits per heavy atom. The lowest BCUT2D eigenvalue weighted by Gasteiger charge is -2.49. The zero-order valence-corrected chi connectivity index (χ0v) is 53.1. The molecule has 3 nitrogen and oxygen atoms in total. The van der Waals surface area contributed by atoms with Crippen LogP contribution in [0.1, 0.15) is 206 Å². The lowest BCUT2D eigenvalue weighted by molar-refractivity contribution is 0.332. The fourth-order valence-corrected chi connectivity index (χ4v) is 16.5. The fraction of sp³-hybridized carbons (Fsp3) is 0.392. The number of hydrogen-bond acceptors (Lipinski definition) is 3. The maximum atomic E-state index is 2.79. The van der Waals surface area contributed by atoms with Crippen LogP contribution < -0.4 is 31.1 Å². The van der Waals surface area contributed by atoms with Gasteiger partial charge in [-0.25, -0.2) is 0 Å². The summed E-state index contributed by atoms with van der Waals surface area (Å²) in [7, 11) is 0. The monoisotopic (exact) mass is 1090 g/mol. The van der Waals surface area contributed by atoms with E-state index in [9.17, 15) is 0 Å². The molecule has 422 valence electrons. The van der Waals surface area contributed by atoms with Crippen molar-refractivity contribution in [3.63, 3.8) is 0 Å². The molecule has 0 fully saturated rings. The summed E-state index contributed by atoms with van der Waals surface area (Å²) in [5.74, 6) is 0. The van der Waals surface area contributed by atoms with Crippen LogP contribution in [0.25, 0.3) is 11.1 Å². The average Bonchev–Trinajstić information content (AvgIpc) is 1.46. The largest absolute Gasteiger partial charge is 0.311 e. The highest BCUT2D eigenvalue weighted by Gasteiger charge is 2.51. The van der Waals surface area contributed by atoms with Gasteiger partial charge < -0.3 is 14.7 Å². The van der Waals surface area contributed by atoms with Gasteiger partial charge in [0.05, 0.1) is 11.4 Å². The topological polar surface area (TPSA) is 9.72 Å². The van der Waals surface area contributed by atoms with E-state index in [1.165, 1.54) is 118 Å². The van der Waals surface area contributed by atoms with Crippen LogP contribution in [-0.4, -0.2) is 6.71 Å². The molecular weight excluding hydrogens is 1000 g/mol. The molecule has 14 rings (SSSR count). The maximum absolute atomic E-state index is 2.79. The Labute approximate surface area is 498 Å². The van der Waals surface area contributed by atoms with E-state index in [0.717, 1.165) is 49.2 Å². The van der Waals surface area contributed by atoms with Gasteiger partial charge in [0.25, 0.3) is 6.71 Å². The van der Waals surface area contributed by atoms with Crippen LogP contribution in [0.2, 0.25) is 0 Å². The molecule has 0 aromatic heterocycles. The van der Waals surface area contributed by atoms with E-state index in [-0.39, 0.29) is 50.0 Å². The second-order valence-corrected chi connectivity index (χ2v) is 31.8. The molecule has 8 aromatic rings. The number of rotatable bonds is 5. The number of benzene rings is 8. The summed E-state index contributed by atoms with van der Waals surface area (Å²) < 4.78 is 0. The van der Waals surface area contributed by atoms with Crippen LogP contribution in [0.4, 0.5) is 51.2 Å². The van der Waals surface area contributed by atoms with E-state index in [0.29, 0.717) is 0 Å². The predicted molar refractivity (Wildman–Crippen MR) is 357 cm³/mol. The Bertz CT molecular complexity index is 3970. The third-order valence-corrected chi connectivity index (χ3v) is 22.2. The molecule has 0 spiro atoms. The fourth-order valence-electron chi connectivity index (χ4n) is 16.5. The van der Waals surface area contributed by atoms with Gasteiger partial charge in [0, 0.05) is 50.8 Å². The number of nitrogens with zero attached hydrogens (tertiary/aromatic N) is 3. The molecule has 0 saturated carbocycles. The van der Waals surface area contributed by atoms with Crippen LogP contribution in [0.5, 0.6) is 0 Å². The van der Waals surface area contributed by atoms with E-state index in [1.807, 2.05) is 0 Å². The van der Waals surface area contributed by atoms with E-state index in [1.54, 1.807) is 0 Å². The minimum atomic E-state index is -0.214. The van der Waals surface area contributed by atoms with Crippen molar-refractivity contribution in [2.45, 2.75) is 200 Å². The number of para-hydroxylation sites is 2.